The third-order valence-corrected chi connectivity index (χ3v) is 1.01. The molecular weight excluding hydrogens is 200 g/mol. The van der Waals surface area contributed by atoms with Crippen LogP contribution in [-0.4, -0.2) is 33.9 Å². The summed E-state index contributed by atoms with van der Waals surface area (Å²) in [5.41, 5.74) is 0. The van der Waals surface area contributed by atoms with Gasteiger partial charge in [0.05, 0.1) is 0 Å². The second-order valence-electron chi connectivity index (χ2n) is 2.82. The number of hydrogen-bond donors (Lipinski definition) is 3. The highest BCUT2D eigenvalue weighted by Crippen LogP contribution is 1.95. The smallest absolute Gasteiger partial charge is 0.300 e. The topological polar surface area (TPSA) is 94.8 Å². The zero-order chi connectivity index (χ0) is 12.7. The number of aliphatic hydroxyl groups is 1. The van der Waals surface area contributed by atoms with Crippen molar-refractivity contribution < 1.29 is 24.9 Å². The fourth-order valence-electron chi connectivity index (χ4n) is 0.539. The maximum absolute atomic E-state index is 9.00. The lowest BCUT2D eigenvalue weighted by Crippen LogP contribution is -1.80. The van der Waals surface area contributed by atoms with E-state index in [1.165, 1.54) is 19.3 Å². The molecule has 0 saturated heterocycles. The van der Waals surface area contributed by atoms with E-state index in [-0.39, 0.29) is 0 Å². The number of carboxylic acid groups (broad SMARTS) is 2. The lowest BCUT2D eigenvalue weighted by molar-refractivity contribution is -0.135. The maximum atomic E-state index is 9.00. The zero-order valence-corrected chi connectivity index (χ0v) is 9.69. The molecule has 0 aliphatic carbocycles. The average molecular weight is 222 g/mol. The van der Waals surface area contributed by atoms with E-state index in [0.717, 1.165) is 20.3 Å². The number of aliphatic hydroxyl groups excluding tert-OH is 1. The molecule has 0 aliphatic rings. The van der Waals surface area contributed by atoms with Gasteiger partial charge >= 0.3 is 0 Å². The molecule has 0 aromatic rings. The summed E-state index contributed by atoms with van der Waals surface area (Å²) in [6.45, 7) is 4.69. The first-order chi connectivity index (χ1) is 6.88. The zero-order valence-electron chi connectivity index (χ0n) is 9.69. The van der Waals surface area contributed by atoms with Gasteiger partial charge in [0.1, 0.15) is 0 Å². The monoisotopic (exact) mass is 222 g/mol. The first-order valence-corrected chi connectivity index (χ1v) is 4.88. The molecule has 92 valence electrons. The highest BCUT2D eigenvalue weighted by atomic mass is 16.4. The van der Waals surface area contributed by atoms with Crippen LogP contribution in [0.4, 0.5) is 0 Å². The predicted molar refractivity (Wildman–Crippen MR) is 57.8 cm³/mol. The van der Waals surface area contributed by atoms with Gasteiger partial charge in [0.25, 0.3) is 11.9 Å². The highest BCUT2D eigenvalue weighted by molar-refractivity contribution is 5.63. The molecule has 0 aromatic carbocycles. The molecule has 0 unspecified atom stereocenters. The van der Waals surface area contributed by atoms with Crippen molar-refractivity contribution in [1.82, 2.24) is 0 Å². The number of rotatable bonds is 4. The van der Waals surface area contributed by atoms with Crippen LogP contribution in [0.3, 0.4) is 0 Å². The molecule has 0 atom stereocenters. The van der Waals surface area contributed by atoms with Crippen molar-refractivity contribution in [2.24, 2.45) is 0 Å². The van der Waals surface area contributed by atoms with Crippen LogP contribution in [0.25, 0.3) is 0 Å². The largest absolute Gasteiger partial charge is 0.481 e. The Bertz CT molecular complexity index is 121. The Morgan fingerprint density at radius 2 is 1.27 bits per heavy atom. The van der Waals surface area contributed by atoms with E-state index < -0.39 is 11.9 Å². The highest BCUT2D eigenvalue weighted by Gasteiger charge is 1.80. The minimum atomic E-state index is -0.833. The first-order valence-electron chi connectivity index (χ1n) is 4.88. The van der Waals surface area contributed by atoms with Crippen LogP contribution in [-0.2, 0) is 9.59 Å². The van der Waals surface area contributed by atoms with E-state index >= 15 is 0 Å². The molecular formula is C10H22O5. The van der Waals surface area contributed by atoms with Crippen molar-refractivity contribution in [3.63, 3.8) is 0 Å². The van der Waals surface area contributed by atoms with E-state index in [1.807, 2.05) is 0 Å². The van der Waals surface area contributed by atoms with Gasteiger partial charge in [-0.1, -0.05) is 26.2 Å². The van der Waals surface area contributed by atoms with Gasteiger partial charge in [0.2, 0.25) is 0 Å². The third kappa shape index (κ3) is 182. The Kier molecular flexibility index (Phi) is 24.2. The van der Waals surface area contributed by atoms with Crippen LogP contribution in [0.5, 0.6) is 0 Å². The Morgan fingerprint density at radius 1 is 0.933 bits per heavy atom. The lowest BCUT2D eigenvalue weighted by Gasteiger charge is -1.90. The molecule has 0 radical (unpaired) electrons. The summed E-state index contributed by atoms with van der Waals surface area (Å²) in [4.78, 5) is 18.0. The van der Waals surface area contributed by atoms with Gasteiger partial charge in [-0.25, -0.2) is 0 Å². The number of aliphatic carboxylic acids is 2. The van der Waals surface area contributed by atoms with Gasteiger partial charge in [-0.2, -0.15) is 0 Å². The van der Waals surface area contributed by atoms with Crippen LogP contribution >= 0.6 is 0 Å². The Labute approximate surface area is 90.7 Å². The van der Waals surface area contributed by atoms with E-state index in [2.05, 4.69) is 6.92 Å². The summed E-state index contributed by atoms with van der Waals surface area (Å²) in [5, 5.41) is 23.1. The Balaban J connectivity index is -0.000000155. The van der Waals surface area contributed by atoms with E-state index in [1.54, 1.807) is 0 Å². The van der Waals surface area contributed by atoms with Crippen molar-refractivity contribution in [1.29, 1.82) is 0 Å². The van der Waals surface area contributed by atoms with Crippen molar-refractivity contribution in [2.75, 3.05) is 6.61 Å². The van der Waals surface area contributed by atoms with E-state index in [9.17, 15) is 0 Å². The third-order valence-electron chi connectivity index (χ3n) is 1.01. The molecule has 0 bridgehead atoms. The Morgan fingerprint density at radius 3 is 1.47 bits per heavy atom. The van der Waals surface area contributed by atoms with Crippen LogP contribution < -0.4 is 0 Å². The summed E-state index contributed by atoms with van der Waals surface area (Å²) in [6.07, 6.45) is 4.68. The van der Waals surface area contributed by atoms with E-state index in [4.69, 9.17) is 24.9 Å². The second kappa shape index (κ2) is 18.6. The van der Waals surface area contributed by atoms with Gasteiger partial charge in [-0.15, -0.1) is 0 Å². The summed E-state index contributed by atoms with van der Waals surface area (Å²) < 4.78 is 0. The average Bonchev–Trinajstić information content (AvgIpc) is 2.03. The SMILES string of the molecule is CC(=O)O.CC(=O)O.CCCCCCO. The summed E-state index contributed by atoms with van der Waals surface area (Å²) >= 11 is 0. The molecule has 5 heteroatoms. The number of hydrogen-bond acceptors (Lipinski definition) is 3. The molecule has 0 saturated carbocycles. The predicted octanol–water partition coefficient (Wildman–Crippen LogP) is 1.74. The van der Waals surface area contributed by atoms with Crippen molar-refractivity contribution in [3.05, 3.63) is 0 Å². The first kappa shape index (κ1) is 19.5. The minimum absolute atomic E-state index is 0.361. The number of unbranched alkanes of at least 4 members (excludes halogenated alkanes) is 3. The van der Waals surface area contributed by atoms with Crippen molar-refractivity contribution >= 4 is 11.9 Å². The Hall–Kier alpha value is -1.10. The molecule has 0 aliphatic heterocycles. The van der Waals surface area contributed by atoms with Crippen LogP contribution in [0.15, 0.2) is 0 Å². The van der Waals surface area contributed by atoms with Gasteiger partial charge in [0, 0.05) is 20.5 Å². The molecule has 0 fully saturated rings. The second-order valence-corrected chi connectivity index (χ2v) is 2.82. The molecule has 0 spiro atoms. The molecule has 3 N–H and O–H groups in total. The lowest BCUT2D eigenvalue weighted by atomic mass is 10.2. The summed E-state index contributed by atoms with van der Waals surface area (Å²) in [6, 6.07) is 0. The minimum Gasteiger partial charge on any atom is -0.481 e. The van der Waals surface area contributed by atoms with Crippen LogP contribution in [0, 0.1) is 0 Å². The van der Waals surface area contributed by atoms with Crippen molar-refractivity contribution in [3.8, 4) is 0 Å². The molecule has 0 heterocycles. The van der Waals surface area contributed by atoms with Crippen LogP contribution in [0.1, 0.15) is 46.5 Å². The summed E-state index contributed by atoms with van der Waals surface area (Å²) in [7, 11) is 0. The molecule has 0 amide bonds. The fourth-order valence-corrected chi connectivity index (χ4v) is 0.539. The molecule has 5 nitrogen and oxygen atoms in total. The van der Waals surface area contributed by atoms with Gasteiger partial charge in [0.15, 0.2) is 0 Å². The quantitative estimate of drug-likeness (QED) is 0.630. The number of carbonyl (C=O) groups is 2. The standard InChI is InChI=1S/C6H14O.2C2H4O2/c1-2-3-4-5-6-7;2*1-2(3)4/h7H,2-6H2,1H3;2*1H3,(H,3,4). The van der Waals surface area contributed by atoms with E-state index in [0.29, 0.717) is 6.61 Å². The van der Waals surface area contributed by atoms with Gasteiger partial charge in [-0.05, 0) is 6.42 Å². The van der Waals surface area contributed by atoms with Crippen molar-refractivity contribution in [2.45, 2.75) is 46.5 Å². The maximum Gasteiger partial charge on any atom is 0.300 e. The van der Waals surface area contributed by atoms with Crippen LogP contribution in [0.2, 0.25) is 0 Å². The molecule has 15 heavy (non-hydrogen) atoms. The number of carboxylic acids is 2. The van der Waals surface area contributed by atoms with Gasteiger partial charge < -0.3 is 15.3 Å². The molecule has 0 aromatic heterocycles. The normalized spacial score (nSPS) is 7.73. The van der Waals surface area contributed by atoms with Gasteiger partial charge in [-0.3, -0.25) is 9.59 Å². The summed E-state index contributed by atoms with van der Waals surface area (Å²) in [5.74, 6) is -1.67. The molecule has 0 rings (SSSR count). The fraction of sp³-hybridized carbons (Fsp3) is 0.800.